The zero-order chi connectivity index (χ0) is 22.7. The van der Waals surface area contributed by atoms with E-state index >= 15 is 0 Å². The quantitative estimate of drug-likeness (QED) is 0.536. The van der Waals surface area contributed by atoms with Gasteiger partial charge in [-0.25, -0.2) is 10.4 Å². The average Bonchev–Trinajstić information content (AvgIpc) is 3.15. The van der Waals surface area contributed by atoms with Crippen molar-refractivity contribution in [2.75, 3.05) is 22.6 Å². The third-order valence-corrected chi connectivity index (χ3v) is 6.43. The molecule has 0 aliphatic carbocycles. The minimum absolute atomic E-state index is 0.0808. The molecule has 9 heteroatoms. The van der Waals surface area contributed by atoms with Gasteiger partial charge in [0.25, 0.3) is 0 Å². The van der Waals surface area contributed by atoms with Gasteiger partial charge in [0.15, 0.2) is 5.17 Å². The number of carbonyl (C=O) groups excluding carboxylic acids is 1. The van der Waals surface area contributed by atoms with E-state index in [1.54, 1.807) is 0 Å². The Labute approximate surface area is 192 Å². The zero-order valence-corrected chi connectivity index (χ0v) is 19.2. The third-order valence-electron chi connectivity index (χ3n) is 5.47. The molecule has 0 aromatic heterocycles. The van der Waals surface area contributed by atoms with E-state index in [0.717, 1.165) is 17.0 Å². The highest BCUT2D eigenvalue weighted by atomic mass is 32.2. The summed E-state index contributed by atoms with van der Waals surface area (Å²) in [5, 5.41) is 12.5. The van der Waals surface area contributed by atoms with Crippen molar-refractivity contribution < 1.29 is 9.53 Å². The van der Waals surface area contributed by atoms with E-state index in [1.807, 2.05) is 74.2 Å². The van der Waals surface area contributed by atoms with Crippen molar-refractivity contribution in [1.29, 1.82) is 5.41 Å². The van der Waals surface area contributed by atoms with Gasteiger partial charge in [-0.1, -0.05) is 30.0 Å². The number of amidine groups is 2. The minimum Gasteiger partial charge on any atom is -0.494 e. The Morgan fingerprint density at radius 2 is 1.97 bits per heavy atom. The number of rotatable bonds is 6. The SMILES string of the molecule is CCOc1ccc(NC(=O)CSC2=NC3NNC(C)C3C(=N)N2c2ccccc2C)cc1. The number of benzene rings is 2. The summed E-state index contributed by atoms with van der Waals surface area (Å²) < 4.78 is 5.44. The van der Waals surface area contributed by atoms with Crippen molar-refractivity contribution in [1.82, 2.24) is 10.9 Å². The van der Waals surface area contributed by atoms with E-state index in [4.69, 9.17) is 15.1 Å². The molecule has 3 unspecified atom stereocenters. The van der Waals surface area contributed by atoms with Gasteiger partial charge in [-0.05, 0) is 56.7 Å². The number of hydrogen-bond acceptors (Lipinski definition) is 7. The lowest BCUT2D eigenvalue weighted by Crippen LogP contribution is -2.50. The van der Waals surface area contributed by atoms with E-state index in [-0.39, 0.29) is 29.8 Å². The number of hydrazine groups is 1. The number of para-hydroxylation sites is 1. The van der Waals surface area contributed by atoms with Gasteiger partial charge in [-0.15, -0.1) is 0 Å². The fourth-order valence-electron chi connectivity index (χ4n) is 3.87. The van der Waals surface area contributed by atoms with Gasteiger partial charge >= 0.3 is 0 Å². The lowest BCUT2D eigenvalue weighted by Gasteiger charge is -2.36. The summed E-state index contributed by atoms with van der Waals surface area (Å²) in [4.78, 5) is 19.3. The van der Waals surface area contributed by atoms with Crippen molar-refractivity contribution >= 4 is 40.0 Å². The van der Waals surface area contributed by atoms with Crippen LogP contribution in [0.4, 0.5) is 11.4 Å². The molecule has 4 N–H and O–H groups in total. The highest BCUT2D eigenvalue weighted by Gasteiger charge is 2.44. The molecule has 3 atom stereocenters. The van der Waals surface area contributed by atoms with Gasteiger partial charge < -0.3 is 10.1 Å². The number of nitrogens with one attached hydrogen (secondary N) is 4. The zero-order valence-electron chi connectivity index (χ0n) is 18.4. The van der Waals surface area contributed by atoms with Gasteiger partial charge in [0.05, 0.1) is 24.0 Å². The lowest BCUT2D eigenvalue weighted by atomic mass is 9.96. The first kappa shape index (κ1) is 22.3. The molecule has 2 aliphatic rings. The highest BCUT2D eigenvalue weighted by molar-refractivity contribution is 8.14. The lowest BCUT2D eigenvalue weighted by molar-refractivity contribution is -0.113. The molecule has 2 aliphatic heterocycles. The first-order valence-corrected chi connectivity index (χ1v) is 11.6. The fourth-order valence-corrected chi connectivity index (χ4v) is 4.72. The Balaban J connectivity index is 1.50. The maximum atomic E-state index is 12.6. The summed E-state index contributed by atoms with van der Waals surface area (Å²) >= 11 is 1.33. The standard InChI is InChI=1S/C23H28N6O2S/c1-4-31-17-11-9-16(10-12-17)25-19(30)13-32-23-26-22-20(15(3)27-28-22)21(24)29(23)18-8-6-5-7-14(18)2/h5-12,15,20,22,24,27-28H,4,13H2,1-3H3,(H,25,30). The molecule has 4 rings (SSSR count). The smallest absolute Gasteiger partial charge is 0.234 e. The number of thioether (sulfide) groups is 1. The van der Waals surface area contributed by atoms with Gasteiger partial charge in [0.1, 0.15) is 17.8 Å². The average molecular weight is 453 g/mol. The molecule has 8 nitrogen and oxygen atoms in total. The third kappa shape index (κ3) is 4.64. The molecule has 2 aromatic carbocycles. The van der Waals surface area contributed by atoms with Crippen molar-refractivity contribution in [3.8, 4) is 5.75 Å². The van der Waals surface area contributed by atoms with Gasteiger partial charge in [-0.2, -0.15) is 0 Å². The summed E-state index contributed by atoms with van der Waals surface area (Å²) in [5.74, 6) is 1.20. The fraction of sp³-hybridized carbons (Fsp3) is 0.348. The summed E-state index contributed by atoms with van der Waals surface area (Å²) in [6, 6.07) is 15.3. The van der Waals surface area contributed by atoms with Crippen LogP contribution in [0.25, 0.3) is 0 Å². The number of ether oxygens (including phenoxy) is 1. The van der Waals surface area contributed by atoms with E-state index in [9.17, 15) is 4.79 Å². The number of aliphatic imine (C=N–C) groups is 1. The van der Waals surface area contributed by atoms with Crippen LogP contribution in [0.15, 0.2) is 53.5 Å². The Hall–Kier alpha value is -2.88. The summed E-state index contributed by atoms with van der Waals surface area (Å²) in [5.41, 5.74) is 9.03. The van der Waals surface area contributed by atoms with Crippen LogP contribution in [0.1, 0.15) is 19.4 Å². The molecule has 0 radical (unpaired) electrons. The molecule has 32 heavy (non-hydrogen) atoms. The Bertz CT molecular complexity index is 1030. The van der Waals surface area contributed by atoms with Gasteiger partial charge in [0, 0.05) is 11.7 Å². The van der Waals surface area contributed by atoms with Crippen LogP contribution >= 0.6 is 11.8 Å². The number of aryl methyl sites for hydroxylation is 1. The first-order valence-electron chi connectivity index (χ1n) is 10.7. The van der Waals surface area contributed by atoms with Gasteiger partial charge in [-0.3, -0.25) is 20.5 Å². The Kier molecular flexibility index (Phi) is 6.78. The molecule has 1 saturated heterocycles. The maximum absolute atomic E-state index is 12.6. The molecule has 168 valence electrons. The second kappa shape index (κ2) is 9.72. The van der Waals surface area contributed by atoms with Crippen LogP contribution < -0.4 is 25.8 Å². The molecule has 0 saturated carbocycles. The molecular formula is C23H28N6O2S. The number of anilines is 2. The summed E-state index contributed by atoms with van der Waals surface area (Å²) in [6.45, 7) is 6.59. The Morgan fingerprint density at radius 1 is 1.22 bits per heavy atom. The molecule has 0 bridgehead atoms. The topological polar surface area (TPSA) is 102 Å². The van der Waals surface area contributed by atoms with Crippen LogP contribution in [0.3, 0.4) is 0 Å². The molecule has 2 heterocycles. The second-order valence-corrected chi connectivity index (χ2v) is 8.70. The predicted molar refractivity (Wildman–Crippen MR) is 131 cm³/mol. The molecule has 1 fully saturated rings. The normalized spacial score (nSPS) is 22.3. The molecule has 2 aromatic rings. The maximum Gasteiger partial charge on any atom is 0.234 e. The van der Waals surface area contributed by atoms with E-state index in [0.29, 0.717) is 23.3 Å². The summed E-state index contributed by atoms with van der Waals surface area (Å²) in [6.07, 6.45) is -0.227. The van der Waals surface area contributed by atoms with E-state index in [2.05, 4.69) is 16.2 Å². The van der Waals surface area contributed by atoms with Crippen molar-refractivity contribution in [3.05, 3.63) is 54.1 Å². The van der Waals surface area contributed by atoms with Crippen molar-refractivity contribution in [2.24, 2.45) is 10.9 Å². The number of hydrogen-bond donors (Lipinski definition) is 4. The van der Waals surface area contributed by atoms with E-state index in [1.165, 1.54) is 11.8 Å². The van der Waals surface area contributed by atoms with Crippen LogP contribution in [-0.2, 0) is 4.79 Å². The Morgan fingerprint density at radius 3 is 2.69 bits per heavy atom. The van der Waals surface area contributed by atoms with Crippen LogP contribution in [0, 0.1) is 18.3 Å². The number of fused-ring (bicyclic) bond motifs is 1. The monoisotopic (exact) mass is 452 g/mol. The number of carbonyl (C=O) groups is 1. The van der Waals surface area contributed by atoms with Crippen LogP contribution in [0.2, 0.25) is 0 Å². The van der Waals surface area contributed by atoms with E-state index < -0.39 is 0 Å². The number of nitrogens with zero attached hydrogens (tertiary/aromatic N) is 2. The van der Waals surface area contributed by atoms with Crippen molar-refractivity contribution in [2.45, 2.75) is 33.0 Å². The molecular weight excluding hydrogens is 424 g/mol. The largest absolute Gasteiger partial charge is 0.494 e. The first-order chi connectivity index (χ1) is 15.5. The second-order valence-electron chi connectivity index (χ2n) is 7.76. The van der Waals surface area contributed by atoms with Gasteiger partial charge in [0.2, 0.25) is 5.91 Å². The van der Waals surface area contributed by atoms with Crippen molar-refractivity contribution in [3.63, 3.8) is 0 Å². The highest BCUT2D eigenvalue weighted by Crippen LogP contribution is 2.33. The molecule has 1 amide bonds. The number of amides is 1. The molecule has 0 spiro atoms. The van der Waals surface area contributed by atoms with Crippen LogP contribution in [0.5, 0.6) is 5.75 Å². The van der Waals surface area contributed by atoms with Crippen LogP contribution in [-0.4, -0.2) is 41.5 Å². The minimum atomic E-state index is -0.227. The predicted octanol–water partition coefficient (Wildman–Crippen LogP) is 3.36. The summed E-state index contributed by atoms with van der Waals surface area (Å²) in [7, 11) is 0.